The summed E-state index contributed by atoms with van der Waals surface area (Å²) in [7, 11) is 1.82. The Hall–Kier alpha value is -2.42. The topological polar surface area (TPSA) is 83.5 Å². The zero-order chi connectivity index (χ0) is 16.7. The zero-order valence-corrected chi connectivity index (χ0v) is 13.9. The summed E-state index contributed by atoms with van der Waals surface area (Å²) in [6.45, 7) is 6.01. The molecule has 0 radical (unpaired) electrons. The molecule has 0 spiro atoms. The average Bonchev–Trinajstić information content (AvgIpc) is 3.32. The van der Waals surface area contributed by atoms with Crippen molar-refractivity contribution in [2.75, 3.05) is 38.1 Å². The van der Waals surface area contributed by atoms with Crippen molar-refractivity contribution in [1.82, 2.24) is 29.9 Å². The Labute approximate surface area is 139 Å². The molecular formula is C15H21N7O2. The number of aromatic nitrogens is 4. The highest BCUT2D eigenvalue weighted by Gasteiger charge is 2.30. The van der Waals surface area contributed by atoms with Crippen LogP contribution in [0.4, 0.5) is 10.5 Å². The smallest absolute Gasteiger partial charge is 0.324 e. The van der Waals surface area contributed by atoms with E-state index in [1.54, 1.807) is 16.0 Å². The first kappa shape index (κ1) is 15.1. The lowest BCUT2D eigenvalue weighted by Crippen LogP contribution is -2.28. The Morgan fingerprint density at radius 2 is 2.17 bits per heavy atom. The van der Waals surface area contributed by atoms with Crippen LogP contribution in [0.1, 0.15) is 23.9 Å². The van der Waals surface area contributed by atoms with Gasteiger partial charge in [-0.1, -0.05) is 10.3 Å². The van der Waals surface area contributed by atoms with Gasteiger partial charge in [0.15, 0.2) is 0 Å². The summed E-state index contributed by atoms with van der Waals surface area (Å²) < 4.78 is 6.74. The number of urea groups is 1. The van der Waals surface area contributed by atoms with Gasteiger partial charge < -0.3 is 4.90 Å². The van der Waals surface area contributed by atoms with E-state index in [-0.39, 0.29) is 6.03 Å². The van der Waals surface area contributed by atoms with E-state index in [0.29, 0.717) is 6.04 Å². The minimum Gasteiger partial charge on any atom is -0.326 e. The molecule has 9 nitrogen and oxygen atoms in total. The Kier molecular flexibility index (Phi) is 3.72. The number of anilines is 1. The quantitative estimate of drug-likeness (QED) is 0.827. The fraction of sp³-hybridized carbons (Fsp3) is 0.600. The van der Waals surface area contributed by atoms with Gasteiger partial charge in [0.05, 0.1) is 17.9 Å². The molecule has 1 unspecified atom stereocenters. The molecule has 2 aromatic rings. The van der Waals surface area contributed by atoms with Crippen molar-refractivity contribution >= 4 is 11.7 Å². The van der Waals surface area contributed by atoms with Crippen molar-refractivity contribution < 1.29 is 9.42 Å². The SMILES string of the molecule is Cc1nonc1CN1CCC(n2cc(N3CCN(C)C3=O)cn2)C1. The molecule has 2 amide bonds. The first-order chi connectivity index (χ1) is 11.6. The molecular weight excluding hydrogens is 310 g/mol. The third-order valence-corrected chi connectivity index (χ3v) is 4.86. The van der Waals surface area contributed by atoms with Crippen molar-refractivity contribution in [1.29, 1.82) is 0 Å². The first-order valence-corrected chi connectivity index (χ1v) is 8.19. The molecule has 2 aliphatic rings. The van der Waals surface area contributed by atoms with Crippen LogP contribution in [0.15, 0.2) is 17.0 Å². The van der Waals surface area contributed by atoms with Gasteiger partial charge in [0.2, 0.25) is 0 Å². The second kappa shape index (κ2) is 5.90. The van der Waals surface area contributed by atoms with Gasteiger partial charge in [-0.15, -0.1) is 0 Å². The van der Waals surface area contributed by atoms with E-state index in [0.717, 1.165) is 56.2 Å². The molecule has 4 heterocycles. The third kappa shape index (κ3) is 2.64. The maximum Gasteiger partial charge on any atom is 0.324 e. The highest BCUT2D eigenvalue weighted by molar-refractivity contribution is 5.93. The normalized spacial score (nSPS) is 22.1. The molecule has 24 heavy (non-hydrogen) atoms. The van der Waals surface area contributed by atoms with Gasteiger partial charge in [-0.25, -0.2) is 9.42 Å². The monoisotopic (exact) mass is 331 g/mol. The van der Waals surface area contributed by atoms with Crippen LogP contribution >= 0.6 is 0 Å². The number of rotatable bonds is 4. The molecule has 0 aliphatic carbocycles. The predicted molar refractivity (Wildman–Crippen MR) is 85.6 cm³/mol. The van der Waals surface area contributed by atoms with Crippen molar-refractivity contribution in [3.63, 3.8) is 0 Å². The van der Waals surface area contributed by atoms with Crippen molar-refractivity contribution in [3.05, 3.63) is 23.8 Å². The van der Waals surface area contributed by atoms with Gasteiger partial charge >= 0.3 is 6.03 Å². The molecule has 9 heteroatoms. The summed E-state index contributed by atoms with van der Waals surface area (Å²) in [4.78, 5) is 17.9. The number of nitrogens with zero attached hydrogens (tertiary/aromatic N) is 7. The van der Waals surface area contributed by atoms with Crippen LogP contribution in [0.2, 0.25) is 0 Å². The minimum atomic E-state index is 0.0385. The van der Waals surface area contributed by atoms with Crippen molar-refractivity contribution in [2.45, 2.75) is 25.9 Å². The average molecular weight is 331 g/mol. The van der Waals surface area contributed by atoms with E-state index >= 15 is 0 Å². The summed E-state index contributed by atoms with van der Waals surface area (Å²) in [5.41, 5.74) is 2.61. The summed E-state index contributed by atoms with van der Waals surface area (Å²) in [6.07, 6.45) is 4.79. The van der Waals surface area contributed by atoms with E-state index < -0.39 is 0 Å². The van der Waals surface area contributed by atoms with Gasteiger partial charge in [0.25, 0.3) is 0 Å². The highest BCUT2D eigenvalue weighted by atomic mass is 16.6. The number of amides is 2. The van der Waals surface area contributed by atoms with Crippen LogP contribution in [0.3, 0.4) is 0 Å². The lowest BCUT2D eigenvalue weighted by molar-refractivity contribution is 0.229. The molecule has 0 aromatic carbocycles. The Bertz CT molecular complexity index is 740. The second-order valence-corrected chi connectivity index (χ2v) is 6.51. The van der Waals surface area contributed by atoms with Crippen LogP contribution in [0, 0.1) is 6.92 Å². The second-order valence-electron chi connectivity index (χ2n) is 6.51. The number of hydrogen-bond acceptors (Lipinski definition) is 6. The Morgan fingerprint density at radius 1 is 1.29 bits per heavy atom. The zero-order valence-electron chi connectivity index (χ0n) is 13.9. The van der Waals surface area contributed by atoms with Crippen LogP contribution in [-0.4, -0.2) is 69.2 Å². The fourth-order valence-electron chi connectivity index (χ4n) is 3.33. The number of carbonyl (C=O) groups is 1. The summed E-state index contributed by atoms with van der Waals surface area (Å²) in [5.74, 6) is 0. The van der Waals surface area contributed by atoms with E-state index in [4.69, 9.17) is 4.63 Å². The first-order valence-electron chi connectivity index (χ1n) is 8.19. The number of hydrogen-bond donors (Lipinski definition) is 0. The molecule has 128 valence electrons. The van der Waals surface area contributed by atoms with Gasteiger partial charge in [-0.05, 0) is 13.3 Å². The summed E-state index contributed by atoms with van der Waals surface area (Å²) >= 11 is 0. The van der Waals surface area contributed by atoms with E-state index in [1.807, 2.05) is 24.9 Å². The van der Waals surface area contributed by atoms with E-state index in [1.165, 1.54) is 0 Å². The minimum absolute atomic E-state index is 0.0385. The number of likely N-dealkylation sites (tertiary alicyclic amines) is 1. The molecule has 0 N–H and O–H groups in total. The van der Waals surface area contributed by atoms with Crippen molar-refractivity contribution in [3.8, 4) is 0 Å². The molecule has 2 fully saturated rings. The van der Waals surface area contributed by atoms with Gasteiger partial charge in [-0.2, -0.15) is 5.10 Å². The van der Waals surface area contributed by atoms with Crippen LogP contribution < -0.4 is 4.90 Å². The molecule has 0 bridgehead atoms. The molecule has 4 rings (SSSR count). The molecule has 2 saturated heterocycles. The number of carbonyl (C=O) groups excluding carboxylic acids is 1. The standard InChI is InChI=1S/C15H21N7O2/c1-11-14(18-24-17-11)10-20-4-3-12(8-20)22-9-13(7-16-22)21-6-5-19(2)15(21)23/h7,9,12H,3-6,8,10H2,1-2H3. The molecule has 0 saturated carbocycles. The Morgan fingerprint density at radius 3 is 2.88 bits per heavy atom. The van der Waals surface area contributed by atoms with E-state index in [2.05, 4.69) is 20.3 Å². The van der Waals surface area contributed by atoms with Gasteiger partial charge in [-0.3, -0.25) is 14.5 Å². The lowest BCUT2D eigenvalue weighted by Gasteiger charge is -2.15. The molecule has 2 aromatic heterocycles. The van der Waals surface area contributed by atoms with Gasteiger partial charge in [0.1, 0.15) is 11.4 Å². The largest absolute Gasteiger partial charge is 0.326 e. The van der Waals surface area contributed by atoms with E-state index in [9.17, 15) is 4.79 Å². The number of likely N-dealkylation sites (N-methyl/N-ethyl adjacent to an activating group) is 1. The Balaban J connectivity index is 1.41. The van der Waals surface area contributed by atoms with Gasteiger partial charge in [0, 0.05) is 46.0 Å². The fourth-order valence-corrected chi connectivity index (χ4v) is 3.33. The summed E-state index contributed by atoms with van der Waals surface area (Å²) in [5, 5.41) is 12.3. The molecule has 2 aliphatic heterocycles. The highest BCUT2D eigenvalue weighted by Crippen LogP contribution is 2.26. The van der Waals surface area contributed by atoms with Crippen LogP contribution in [0.5, 0.6) is 0 Å². The molecule has 1 atom stereocenters. The van der Waals surface area contributed by atoms with Crippen LogP contribution in [-0.2, 0) is 6.54 Å². The third-order valence-electron chi connectivity index (χ3n) is 4.86. The number of aryl methyl sites for hydroxylation is 1. The summed E-state index contributed by atoms with van der Waals surface area (Å²) in [6, 6.07) is 0.353. The maximum absolute atomic E-state index is 12.1. The van der Waals surface area contributed by atoms with Crippen molar-refractivity contribution in [2.24, 2.45) is 0 Å². The predicted octanol–water partition coefficient (Wildman–Crippen LogP) is 0.893. The maximum atomic E-state index is 12.1. The lowest BCUT2D eigenvalue weighted by atomic mass is 10.3. The van der Waals surface area contributed by atoms with Crippen LogP contribution in [0.25, 0.3) is 0 Å².